The van der Waals surface area contributed by atoms with Gasteiger partial charge in [0.05, 0.1) is 6.54 Å². The van der Waals surface area contributed by atoms with E-state index in [-0.39, 0.29) is 30.9 Å². The van der Waals surface area contributed by atoms with Crippen LogP contribution in [0, 0.1) is 6.92 Å². The van der Waals surface area contributed by atoms with Crippen molar-refractivity contribution in [1.82, 2.24) is 20.2 Å². The van der Waals surface area contributed by atoms with Crippen molar-refractivity contribution >= 4 is 17.6 Å². The van der Waals surface area contributed by atoms with Gasteiger partial charge in [0.25, 0.3) is 5.91 Å². The van der Waals surface area contributed by atoms with E-state index in [1.165, 1.54) is 0 Å². The van der Waals surface area contributed by atoms with E-state index >= 15 is 0 Å². The van der Waals surface area contributed by atoms with E-state index in [9.17, 15) is 9.59 Å². The van der Waals surface area contributed by atoms with Crippen LogP contribution in [0.5, 0.6) is 5.75 Å². The largest absolute Gasteiger partial charge is 0.484 e. The number of rotatable bonds is 7. The van der Waals surface area contributed by atoms with Crippen molar-refractivity contribution in [2.45, 2.75) is 26.7 Å². The monoisotopic (exact) mass is 411 g/mol. The summed E-state index contributed by atoms with van der Waals surface area (Å²) in [6, 6.07) is 11.1. The molecule has 8 heteroatoms. The van der Waals surface area contributed by atoms with Crippen LogP contribution in [0.15, 0.2) is 36.4 Å². The highest BCUT2D eigenvalue weighted by atomic mass is 16.5. The lowest BCUT2D eigenvalue weighted by molar-refractivity contribution is -0.133. The zero-order chi connectivity index (χ0) is 21.5. The number of para-hydroxylation sites is 1. The van der Waals surface area contributed by atoms with E-state index in [1.54, 1.807) is 17.0 Å². The summed E-state index contributed by atoms with van der Waals surface area (Å²) in [5.74, 6) is 2.22. The number of amides is 2. The molecule has 160 valence electrons. The number of piperazine rings is 1. The second kappa shape index (κ2) is 10.0. The van der Waals surface area contributed by atoms with Crippen LogP contribution < -0.4 is 15.0 Å². The van der Waals surface area contributed by atoms with E-state index in [2.05, 4.69) is 34.0 Å². The van der Waals surface area contributed by atoms with Crippen LogP contribution in [0.25, 0.3) is 0 Å². The minimum atomic E-state index is -0.316. The lowest BCUT2D eigenvalue weighted by atomic mass is 10.2. The van der Waals surface area contributed by atoms with E-state index in [4.69, 9.17) is 4.74 Å². The number of anilines is 1. The minimum absolute atomic E-state index is 0.0267. The van der Waals surface area contributed by atoms with Gasteiger partial charge in [0.2, 0.25) is 5.91 Å². The van der Waals surface area contributed by atoms with Gasteiger partial charge < -0.3 is 19.9 Å². The second-order valence-corrected chi connectivity index (χ2v) is 7.63. The van der Waals surface area contributed by atoms with Crippen molar-refractivity contribution in [2.75, 3.05) is 44.2 Å². The van der Waals surface area contributed by atoms with Crippen molar-refractivity contribution in [3.8, 4) is 5.75 Å². The Hall–Kier alpha value is -3.16. The van der Waals surface area contributed by atoms with Crippen LogP contribution in [-0.2, 0) is 9.59 Å². The number of carbonyl (C=O) groups excluding carboxylic acids is 2. The Morgan fingerprint density at radius 3 is 2.47 bits per heavy atom. The Balaban J connectivity index is 1.43. The fraction of sp³-hybridized carbons (Fsp3) is 0.455. The summed E-state index contributed by atoms with van der Waals surface area (Å²) in [5.41, 5.74) is 0.947. The van der Waals surface area contributed by atoms with Crippen LogP contribution >= 0.6 is 0 Å². The molecule has 1 saturated heterocycles. The van der Waals surface area contributed by atoms with Crippen molar-refractivity contribution in [2.24, 2.45) is 0 Å². The van der Waals surface area contributed by atoms with Gasteiger partial charge in [0.1, 0.15) is 17.4 Å². The molecule has 30 heavy (non-hydrogen) atoms. The average Bonchev–Trinajstić information content (AvgIpc) is 2.76. The number of carbonyl (C=O) groups is 2. The molecule has 2 aromatic rings. The zero-order valence-corrected chi connectivity index (χ0v) is 17.8. The standard InChI is InChI=1S/C22H29N5O3/c1-16(2)22-24-17(3)13-19(25-22)26-9-11-27(12-10-26)21(29)14-23-20(28)15-30-18-7-5-4-6-8-18/h4-8,13,16H,9-12,14-15H2,1-3H3,(H,23,28). The number of hydrogen-bond acceptors (Lipinski definition) is 6. The lowest BCUT2D eigenvalue weighted by Crippen LogP contribution is -2.51. The molecule has 2 heterocycles. The number of aryl methyl sites for hydroxylation is 1. The van der Waals surface area contributed by atoms with Crippen LogP contribution in [0.1, 0.15) is 31.3 Å². The first-order valence-electron chi connectivity index (χ1n) is 10.2. The number of ether oxygens (including phenoxy) is 1. The van der Waals surface area contributed by atoms with Gasteiger partial charge in [0.15, 0.2) is 6.61 Å². The fourth-order valence-electron chi connectivity index (χ4n) is 3.18. The Bertz CT molecular complexity index is 864. The van der Waals surface area contributed by atoms with Gasteiger partial charge in [-0.3, -0.25) is 9.59 Å². The van der Waals surface area contributed by atoms with Gasteiger partial charge >= 0.3 is 0 Å². The average molecular weight is 412 g/mol. The predicted molar refractivity (Wildman–Crippen MR) is 115 cm³/mol. The number of nitrogens with one attached hydrogen (secondary N) is 1. The van der Waals surface area contributed by atoms with E-state index in [0.29, 0.717) is 31.9 Å². The van der Waals surface area contributed by atoms with E-state index in [0.717, 1.165) is 17.3 Å². The molecule has 0 radical (unpaired) electrons. The molecule has 2 amide bonds. The third kappa shape index (κ3) is 5.92. The number of aromatic nitrogens is 2. The van der Waals surface area contributed by atoms with Crippen LogP contribution in [0.3, 0.4) is 0 Å². The molecular weight excluding hydrogens is 382 g/mol. The van der Waals surface area contributed by atoms with Crippen molar-refractivity contribution in [3.63, 3.8) is 0 Å². The number of nitrogens with zero attached hydrogens (tertiary/aromatic N) is 4. The first kappa shape index (κ1) is 21.5. The molecule has 0 bridgehead atoms. The number of benzene rings is 1. The third-order valence-corrected chi connectivity index (χ3v) is 4.88. The summed E-state index contributed by atoms with van der Waals surface area (Å²) in [4.78, 5) is 37.5. The number of hydrogen-bond donors (Lipinski definition) is 1. The summed E-state index contributed by atoms with van der Waals surface area (Å²) in [5, 5.41) is 2.63. The molecule has 1 N–H and O–H groups in total. The lowest BCUT2D eigenvalue weighted by Gasteiger charge is -2.35. The summed E-state index contributed by atoms with van der Waals surface area (Å²) < 4.78 is 5.39. The zero-order valence-electron chi connectivity index (χ0n) is 17.8. The molecule has 1 aromatic heterocycles. The Morgan fingerprint density at radius 2 is 1.80 bits per heavy atom. The van der Waals surface area contributed by atoms with E-state index < -0.39 is 0 Å². The van der Waals surface area contributed by atoms with Gasteiger partial charge in [-0.05, 0) is 19.1 Å². The first-order chi connectivity index (χ1) is 14.4. The third-order valence-electron chi connectivity index (χ3n) is 4.88. The van der Waals surface area contributed by atoms with Gasteiger partial charge in [-0.15, -0.1) is 0 Å². The van der Waals surface area contributed by atoms with Gasteiger partial charge in [-0.2, -0.15) is 0 Å². The summed E-state index contributed by atoms with van der Waals surface area (Å²) in [6.45, 7) is 8.57. The Kier molecular flexibility index (Phi) is 7.21. The quantitative estimate of drug-likeness (QED) is 0.747. The summed E-state index contributed by atoms with van der Waals surface area (Å²) in [6.07, 6.45) is 0. The molecular formula is C22H29N5O3. The van der Waals surface area contributed by atoms with Crippen molar-refractivity contribution in [1.29, 1.82) is 0 Å². The van der Waals surface area contributed by atoms with Crippen molar-refractivity contribution in [3.05, 3.63) is 47.9 Å². The maximum absolute atomic E-state index is 12.4. The van der Waals surface area contributed by atoms with Crippen LogP contribution in [-0.4, -0.2) is 66.0 Å². The molecule has 0 aliphatic carbocycles. The highest BCUT2D eigenvalue weighted by Crippen LogP contribution is 2.18. The van der Waals surface area contributed by atoms with Gasteiger partial charge in [0, 0.05) is 43.9 Å². The second-order valence-electron chi connectivity index (χ2n) is 7.63. The summed E-state index contributed by atoms with van der Waals surface area (Å²) in [7, 11) is 0. The predicted octanol–water partition coefficient (Wildman–Crippen LogP) is 1.75. The van der Waals surface area contributed by atoms with E-state index in [1.807, 2.05) is 31.2 Å². The molecule has 1 aliphatic heterocycles. The molecule has 1 aromatic carbocycles. The molecule has 0 saturated carbocycles. The molecule has 0 atom stereocenters. The molecule has 0 unspecified atom stereocenters. The molecule has 3 rings (SSSR count). The SMILES string of the molecule is Cc1cc(N2CCN(C(=O)CNC(=O)COc3ccccc3)CC2)nc(C(C)C)n1. The van der Waals surface area contributed by atoms with Gasteiger partial charge in [-0.25, -0.2) is 9.97 Å². The highest BCUT2D eigenvalue weighted by molar-refractivity contribution is 5.85. The topological polar surface area (TPSA) is 87.7 Å². The highest BCUT2D eigenvalue weighted by Gasteiger charge is 2.23. The molecule has 1 aliphatic rings. The van der Waals surface area contributed by atoms with Gasteiger partial charge in [-0.1, -0.05) is 32.0 Å². The van der Waals surface area contributed by atoms with Crippen LogP contribution in [0.2, 0.25) is 0 Å². The van der Waals surface area contributed by atoms with Crippen LogP contribution in [0.4, 0.5) is 5.82 Å². The fourth-order valence-corrected chi connectivity index (χ4v) is 3.18. The molecule has 8 nitrogen and oxygen atoms in total. The smallest absolute Gasteiger partial charge is 0.258 e. The maximum Gasteiger partial charge on any atom is 0.258 e. The first-order valence-corrected chi connectivity index (χ1v) is 10.2. The summed E-state index contributed by atoms with van der Waals surface area (Å²) >= 11 is 0. The molecule has 1 fully saturated rings. The maximum atomic E-state index is 12.4. The van der Waals surface area contributed by atoms with Crippen molar-refractivity contribution < 1.29 is 14.3 Å². The minimum Gasteiger partial charge on any atom is -0.484 e. The Labute approximate surface area is 177 Å². The molecule has 0 spiro atoms. The normalized spacial score (nSPS) is 14.0. The Morgan fingerprint density at radius 1 is 1.10 bits per heavy atom.